The Morgan fingerprint density at radius 3 is 2.81 bits per heavy atom. The number of hydrogen-bond acceptors (Lipinski definition) is 3. The van der Waals surface area contributed by atoms with Gasteiger partial charge in [0.25, 0.3) is 0 Å². The van der Waals surface area contributed by atoms with Crippen molar-refractivity contribution in [2.75, 3.05) is 6.54 Å². The molecule has 0 unspecified atom stereocenters. The fraction of sp³-hybridized carbons (Fsp3) is 0.667. The van der Waals surface area contributed by atoms with Crippen molar-refractivity contribution in [3.8, 4) is 0 Å². The van der Waals surface area contributed by atoms with Crippen LogP contribution in [0.3, 0.4) is 0 Å². The van der Waals surface area contributed by atoms with Crippen molar-refractivity contribution in [3.05, 3.63) is 12.4 Å². The average Bonchev–Trinajstić information content (AvgIpc) is 2.56. The summed E-state index contributed by atoms with van der Waals surface area (Å²) < 4.78 is 12.5. The van der Waals surface area contributed by atoms with Gasteiger partial charge in [0.05, 0.1) is 12.7 Å². The molecule has 7 heteroatoms. The molecule has 1 aliphatic rings. The topological polar surface area (TPSA) is 87.4 Å². The molecule has 16 heavy (non-hydrogen) atoms. The molecule has 90 valence electrons. The largest absolute Gasteiger partial charge is 0.359 e. The van der Waals surface area contributed by atoms with E-state index < -0.39 is 7.60 Å². The summed E-state index contributed by atoms with van der Waals surface area (Å²) in [6.07, 6.45) is 6.38. The molecule has 3 N–H and O–H groups in total. The zero-order chi connectivity index (χ0) is 11.6. The molecule has 1 aliphatic carbocycles. The predicted octanol–water partition coefficient (Wildman–Crippen LogP) is -0.172. The van der Waals surface area contributed by atoms with Crippen LogP contribution in [0.2, 0.25) is 0 Å². The molecule has 2 rings (SSSR count). The van der Waals surface area contributed by atoms with Gasteiger partial charge in [-0.2, -0.15) is 5.10 Å². The Morgan fingerprint density at radius 2 is 2.31 bits per heavy atom. The van der Waals surface area contributed by atoms with Crippen LogP contribution in [0.15, 0.2) is 12.4 Å². The van der Waals surface area contributed by atoms with E-state index in [1.54, 1.807) is 4.68 Å². The van der Waals surface area contributed by atoms with Crippen LogP contribution in [-0.4, -0.2) is 32.2 Å². The van der Waals surface area contributed by atoms with Crippen LogP contribution in [0.25, 0.3) is 0 Å². The molecule has 0 amide bonds. The van der Waals surface area contributed by atoms with E-state index in [4.69, 9.17) is 9.79 Å². The van der Waals surface area contributed by atoms with E-state index in [9.17, 15) is 4.57 Å². The van der Waals surface area contributed by atoms with Crippen molar-refractivity contribution in [1.29, 1.82) is 0 Å². The molecule has 1 fully saturated rings. The Morgan fingerprint density at radius 1 is 1.56 bits per heavy atom. The summed E-state index contributed by atoms with van der Waals surface area (Å²) in [4.78, 5) is 17.8. The molecule has 0 bridgehead atoms. The monoisotopic (exact) mass is 245 g/mol. The maximum Gasteiger partial charge on any atom is 0.359 e. The fourth-order valence-electron chi connectivity index (χ4n) is 1.62. The summed E-state index contributed by atoms with van der Waals surface area (Å²) in [5.41, 5.74) is 0. The van der Waals surface area contributed by atoms with Crippen molar-refractivity contribution in [1.82, 2.24) is 15.1 Å². The Balaban J connectivity index is 1.80. The quantitative estimate of drug-likeness (QED) is 0.627. The zero-order valence-corrected chi connectivity index (χ0v) is 9.81. The second-order valence-corrected chi connectivity index (χ2v) is 5.69. The van der Waals surface area contributed by atoms with E-state index in [0.717, 1.165) is 6.54 Å². The van der Waals surface area contributed by atoms with Gasteiger partial charge < -0.3 is 15.1 Å². The summed E-state index contributed by atoms with van der Waals surface area (Å²) >= 11 is 0. The molecule has 0 radical (unpaired) electrons. The van der Waals surface area contributed by atoms with Gasteiger partial charge >= 0.3 is 7.60 Å². The standard InChI is InChI=1S/C9H16N3O3P/c13-16(14,15)9-6-11-12(7-9)5-4-10-8-2-1-3-8/h6-8,10H,1-5H2,(H2,13,14,15). The summed E-state index contributed by atoms with van der Waals surface area (Å²) in [5.74, 6) is 0. The van der Waals surface area contributed by atoms with Gasteiger partial charge in [0, 0.05) is 18.8 Å². The van der Waals surface area contributed by atoms with Crippen LogP contribution in [0.4, 0.5) is 0 Å². The predicted molar refractivity (Wildman–Crippen MR) is 59.5 cm³/mol. The highest BCUT2D eigenvalue weighted by Crippen LogP contribution is 2.32. The molecule has 1 heterocycles. The Labute approximate surface area is 93.8 Å². The van der Waals surface area contributed by atoms with Crippen molar-refractivity contribution in [2.45, 2.75) is 31.8 Å². The minimum absolute atomic E-state index is 0.0175. The number of aromatic nitrogens is 2. The van der Waals surface area contributed by atoms with Crippen LogP contribution < -0.4 is 10.6 Å². The second kappa shape index (κ2) is 4.67. The van der Waals surface area contributed by atoms with Crippen LogP contribution in [-0.2, 0) is 11.1 Å². The Bertz CT molecular complexity index is 396. The first-order chi connectivity index (χ1) is 7.55. The summed E-state index contributed by atoms with van der Waals surface area (Å²) in [5, 5.41) is 7.25. The number of hydrogen-bond donors (Lipinski definition) is 3. The van der Waals surface area contributed by atoms with Gasteiger partial charge in [-0.15, -0.1) is 0 Å². The second-order valence-electron chi connectivity index (χ2n) is 4.09. The highest BCUT2D eigenvalue weighted by atomic mass is 31.2. The third-order valence-corrected chi connectivity index (χ3v) is 3.74. The zero-order valence-electron chi connectivity index (χ0n) is 8.91. The molecular formula is C9H16N3O3P. The average molecular weight is 245 g/mol. The van der Waals surface area contributed by atoms with Crippen LogP contribution in [0.5, 0.6) is 0 Å². The Hall–Kier alpha value is -0.680. The number of nitrogens with one attached hydrogen (secondary N) is 1. The first kappa shape index (κ1) is 11.8. The van der Waals surface area contributed by atoms with Crippen LogP contribution >= 0.6 is 7.60 Å². The lowest BCUT2D eigenvalue weighted by Crippen LogP contribution is -2.37. The lowest BCUT2D eigenvalue weighted by atomic mass is 9.93. The van der Waals surface area contributed by atoms with Crippen molar-refractivity contribution in [2.24, 2.45) is 0 Å². The smallest absolute Gasteiger partial charge is 0.321 e. The highest BCUT2D eigenvalue weighted by molar-refractivity contribution is 7.60. The van der Waals surface area contributed by atoms with Crippen molar-refractivity contribution < 1.29 is 14.4 Å². The van der Waals surface area contributed by atoms with Gasteiger partial charge in [0.2, 0.25) is 0 Å². The Kier molecular flexibility index (Phi) is 3.44. The molecule has 0 aliphatic heterocycles. The van der Waals surface area contributed by atoms with E-state index >= 15 is 0 Å². The molecule has 1 saturated carbocycles. The third kappa shape index (κ3) is 2.92. The van der Waals surface area contributed by atoms with E-state index in [0.29, 0.717) is 12.6 Å². The lowest BCUT2D eigenvalue weighted by molar-refractivity contribution is 0.332. The molecule has 1 aromatic rings. The first-order valence-corrected chi connectivity index (χ1v) is 6.99. The molecule has 6 nitrogen and oxygen atoms in total. The van der Waals surface area contributed by atoms with E-state index in [1.165, 1.54) is 31.7 Å². The molecule has 1 aromatic heterocycles. The van der Waals surface area contributed by atoms with E-state index in [2.05, 4.69) is 10.4 Å². The molecule has 0 spiro atoms. The lowest BCUT2D eigenvalue weighted by Gasteiger charge is -2.26. The SMILES string of the molecule is O=P(O)(O)c1cnn(CCNC2CCC2)c1. The van der Waals surface area contributed by atoms with Gasteiger partial charge in [-0.3, -0.25) is 9.25 Å². The minimum atomic E-state index is -4.15. The normalized spacial score (nSPS) is 17.4. The summed E-state index contributed by atoms with van der Waals surface area (Å²) in [6.45, 7) is 1.42. The van der Waals surface area contributed by atoms with Gasteiger partial charge in [-0.1, -0.05) is 6.42 Å². The van der Waals surface area contributed by atoms with Gasteiger partial charge in [0.1, 0.15) is 5.30 Å². The molecule has 0 atom stereocenters. The third-order valence-electron chi connectivity index (χ3n) is 2.84. The molecular weight excluding hydrogens is 229 g/mol. The first-order valence-electron chi connectivity index (χ1n) is 5.37. The van der Waals surface area contributed by atoms with Crippen LogP contribution in [0.1, 0.15) is 19.3 Å². The minimum Gasteiger partial charge on any atom is -0.321 e. The number of rotatable bonds is 5. The highest BCUT2D eigenvalue weighted by Gasteiger charge is 2.19. The van der Waals surface area contributed by atoms with Gasteiger partial charge in [-0.05, 0) is 12.8 Å². The maximum absolute atomic E-state index is 10.9. The molecule has 0 saturated heterocycles. The summed E-state index contributed by atoms with van der Waals surface area (Å²) in [6, 6.07) is 0.622. The maximum atomic E-state index is 10.9. The number of nitrogens with zero attached hydrogens (tertiary/aromatic N) is 2. The van der Waals surface area contributed by atoms with E-state index in [-0.39, 0.29) is 5.30 Å². The van der Waals surface area contributed by atoms with E-state index in [1.807, 2.05) is 0 Å². The van der Waals surface area contributed by atoms with Crippen molar-refractivity contribution in [3.63, 3.8) is 0 Å². The fourth-order valence-corrected chi connectivity index (χ4v) is 2.11. The van der Waals surface area contributed by atoms with Gasteiger partial charge in [0.15, 0.2) is 0 Å². The molecule has 0 aromatic carbocycles. The van der Waals surface area contributed by atoms with Gasteiger partial charge in [-0.25, -0.2) is 0 Å². The van der Waals surface area contributed by atoms with Crippen molar-refractivity contribution >= 4 is 12.9 Å². The van der Waals surface area contributed by atoms with Crippen LogP contribution in [0, 0.1) is 0 Å². The summed E-state index contributed by atoms with van der Waals surface area (Å²) in [7, 11) is -4.15.